The van der Waals surface area contributed by atoms with E-state index < -0.39 is 8.07 Å². The highest BCUT2D eigenvalue weighted by Crippen LogP contribution is 2.10. The molecule has 0 bridgehead atoms. The quantitative estimate of drug-likeness (QED) is 0.437. The second-order valence-electron chi connectivity index (χ2n) is 4.68. The summed E-state index contributed by atoms with van der Waals surface area (Å²) in [5.74, 6) is 2.70. The number of benzene rings is 1. The van der Waals surface area contributed by atoms with Crippen molar-refractivity contribution < 1.29 is 9.18 Å². The molecule has 16 heavy (non-hydrogen) atoms. The van der Waals surface area contributed by atoms with Gasteiger partial charge in [0, 0.05) is 12.0 Å². The summed E-state index contributed by atoms with van der Waals surface area (Å²) in [5, 5.41) is 0. The van der Waals surface area contributed by atoms with Crippen molar-refractivity contribution in [2.45, 2.75) is 26.1 Å². The van der Waals surface area contributed by atoms with Crippen LogP contribution in [0.3, 0.4) is 0 Å². The Morgan fingerprint density at radius 3 is 2.62 bits per heavy atom. The minimum Gasteiger partial charge on any atom is -0.303 e. The van der Waals surface area contributed by atoms with E-state index in [1.165, 1.54) is 6.07 Å². The molecule has 0 atom stereocenters. The zero-order chi connectivity index (χ0) is 12.2. The zero-order valence-electron chi connectivity index (χ0n) is 9.80. The molecule has 84 valence electrons. The lowest BCUT2D eigenvalue weighted by Crippen LogP contribution is -2.16. The highest BCUT2D eigenvalue weighted by molar-refractivity contribution is 6.83. The molecule has 1 rings (SSSR count). The smallest absolute Gasteiger partial charge is 0.129 e. The van der Waals surface area contributed by atoms with E-state index in [9.17, 15) is 9.18 Å². The van der Waals surface area contributed by atoms with Crippen LogP contribution in [0.1, 0.15) is 11.1 Å². The van der Waals surface area contributed by atoms with Gasteiger partial charge in [-0.2, -0.15) is 0 Å². The van der Waals surface area contributed by atoms with E-state index in [1.54, 1.807) is 12.1 Å². The maximum atomic E-state index is 13.2. The van der Waals surface area contributed by atoms with Crippen LogP contribution in [-0.2, 0) is 11.2 Å². The van der Waals surface area contributed by atoms with Gasteiger partial charge in [-0.15, -0.1) is 5.54 Å². The summed E-state index contributed by atoms with van der Waals surface area (Å²) >= 11 is 0. The van der Waals surface area contributed by atoms with Crippen molar-refractivity contribution in [2.75, 3.05) is 0 Å². The molecule has 0 saturated heterocycles. The molecule has 0 N–H and O–H groups in total. The lowest BCUT2D eigenvalue weighted by Gasteiger charge is -2.04. The summed E-state index contributed by atoms with van der Waals surface area (Å²) in [7, 11) is -1.41. The van der Waals surface area contributed by atoms with E-state index >= 15 is 0 Å². The van der Waals surface area contributed by atoms with Crippen molar-refractivity contribution in [3.05, 3.63) is 35.1 Å². The van der Waals surface area contributed by atoms with Gasteiger partial charge in [0.2, 0.25) is 0 Å². The Labute approximate surface area is 96.7 Å². The van der Waals surface area contributed by atoms with Crippen molar-refractivity contribution in [1.82, 2.24) is 0 Å². The van der Waals surface area contributed by atoms with Gasteiger partial charge >= 0.3 is 0 Å². The van der Waals surface area contributed by atoms with Crippen molar-refractivity contribution in [3.8, 4) is 11.5 Å². The van der Waals surface area contributed by atoms with Crippen LogP contribution in [0.25, 0.3) is 0 Å². The molecule has 0 aliphatic carbocycles. The van der Waals surface area contributed by atoms with Crippen LogP contribution >= 0.6 is 0 Å². The zero-order valence-corrected chi connectivity index (χ0v) is 10.8. The molecule has 0 saturated carbocycles. The number of carbonyl (C=O) groups is 1. The number of halogens is 1. The Kier molecular flexibility index (Phi) is 4.03. The van der Waals surface area contributed by atoms with E-state index in [2.05, 4.69) is 31.1 Å². The van der Waals surface area contributed by atoms with Gasteiger partial charge in [-0.1, -0.05) is 25.6 Å². The monoisotopic (exact) mass is 234 g/mol. The fourth-order valence-electron chi connectivity index (χ4n) is 1.16. The number of hydrogen-bond acceptors (Lipinski definition) is 1. The highest BCUT2D eigenvalue weighted by Gasteiger charge is 2.08. The fraction of sp³-hybridized carbons (Fsp3) is 0.308. The largest absolute Gasteiger partial charge is 0.303 e. The minimum atomic E-state index is -1.41. The number of aldehydes is 1. The van der Waals surface area contributed by atoms with Gasteiger partial charge in [0.25, 0.3) is 0 Å². The average Bonchev–Trinajstić information content (AvgIpc) is 2.18. The van der Waals surface area contributed by atoms with Gasteiger partial charge in [-0.3, -0.25) is 0 Å². The highest BCUT2D eigenvalue weighted by atomic mass is 28.3. The fourth-order valence-corrected chi connectivity index (χ4v) is 1.68. The summed E-state index contributed by atoms with van der Waals surface area (Å²) in [6.45, 7) is 6.45. The van der Waals surface area contributed by atoms with Crippen LogP contribution < -0.4 is 0 Å². The predicted octanol–water partition coefficient (Wildman–Crippen LogP) is 2.80. The number of hydrogen-bond donors (Lipinski definition) is 0. The molecule has 0 aliphatic heterocycles. The summed E-state index contributed by atoms with van der Waals surface area (Å²) in [6.07, 6.45) is 0.808. The first-order valence-electron chi connectivity index (χ1n) is 5.17. The summed E-state index contributed by atoms with van der Waals surface area (Å²) in [5.41, 5.74) is 4.40. The standard InChI is InChI=1S/C13H15FOSi/c1-16(2,3)9-7-11-4-5-13(14)12(10-11)6-8-15/h4-5,8,10H,6H2,1-3H3. The van der Waals surface area contributed by atoms with E-state index in [4.69, 9.17) is 0 Å². The SMILES string of the molecule is C[Si](C)(C)C#Cc1ccc(F)c(CC=O)c1. The first-order chi connectivity index (χ1) is 7.42. The Balaban J connectivity index is 3.02. The molecule has 0 unspecified atom stereocenters. The Bertz CT molecular complexity index is 449. The molecule has 0 amide bonds. The van der Waals surface area contributed by atoms with Crippen molar-refractivity contribution in [1.29, 1.82) is 0 Å². The molecule has 0 heterocycles. The normalized spacial score (nSPS) is 10.5. The average molecular weight is 234 g/mol. The molecule has 1 aromatic rings. The number of carbonyl (C=O) groups excluding carboxylic acids is 1. The lowest BCUT2D eigenvalue weighted by molar-refractivity contribution is -0.107. The molecule has 0 aliphatic rings. The van der Waals surface area contributed by atoms with Crippen LogP contribution in [0.2, 0.25) is 19.6 Å². The molecule has 0 fully saturated rings. The minimum absolute atomic E-state index is 0.105. The van der Waals surface area contributed by atoms with Gasteiger partial charge in [-0.05, 0) is 23.8 Å². The van der Waals surface area contributed by atoms with Crippen LogP contribution in [0.15, 0.2) is 18.2 Å². The molecule has 1 aromatic carbocycles. The van der Waals surface area contributed by atoms with Gasteiger partial charge in [0.05, 0.1) is 0 Å². The maximum Gasteiger partial charge on any atom is 0.129 e. The van der Waals surface area contributed by atoms with Crippen LogP contribution in [-0.4, -0.2) is 14.4 Å². The number of rotatable bonds is 2. The first-order valence-corrected chi connectivity index (χ1v) is 8.67. The van der Waals surface area contributed by atoms with Crippen LogP contribution in [0.5, 0.6) is 0 Å². The van der Waals surface area contributed by atoms with E-state index in [0.29, 0.717) is 11.8 Å². The van der Waals surface area contributed by atoms with Crippen molar-refractivity contribution in [3.63, 3.8) is 0 Å². The van der Waals surface area contributed by atoms with E-state index in [0.717, 1.165) is 5.56 Å². The third-order valence-electron chi connectivity index (χ3n) is 1.93. The van der Waals surface area contributed by atoms with Gasteiger partial charge in [0.15, 0.2) is 0 Å². The summed E-state index contributed by atoms with van der Waals surface area (Å²) in [4.78, 5) is 10.4. The van der Waals surface area contributed by atoms with Crippen molar-refractivity contribution >= 4 is 14.4 Å². The molecular weight excluding hydrogens is 219 g/mol. The maximum absolute atomic E-state index is 13.2. The third kappa shape index (κ3) is 3.99. The Morgan fingerprint density at radius 2 is 2.06 bits per heavy atom. The third-order valence-corrected chi connectivity index (χ3v) is 2.81. The Hall–Kier alpha value is -1.40. The first kappa shape index (κ1) is 12.7. The summed E-state index contributed by atoms with van der Waals surface area (Å²) < 4.78 is 13.2. The second-order valence-corrected chi connectivity index (χ2v) is 9.43. The van der Waals surface area contributed by atoms with Gasteiger partial charge in [0.1, 0.15) is 20.2 Å². The van der Waals surface area contributed by atoms with Crippen LogP contribution in [0.4, 0.5) is 4.39 Å². The molecule has 0 aromatic heterocycles. The topological polar surface area (TPSA) is 17.1 Å². The van der Waals surface area contributed by atoms with Crippen molar-refractivity contribution in [2.24, 2.45) is 0 Å². The molecule has 1 nitrogen and oxygen atoms in total. The second kappa shape index (κ2) is 5.09. The van der Waals surface area contributed by atoms with Gasteiger partial charge < -0.3 is 4.79 Å². The molecule has 3 heteroatoms. The molecule has 0 radical (unpaired) electrons. The van der Waals surface area contributed by atoms with Crippen LogP contribution in [0, 0.1) is 17.3 Å². The van der Waals surface area contributed by atoms with Gasteiger partial charge in [-0.25, -0.2) is 4.39 Å². The molecule has 0 spiro atoms. The lowest BCUT2D eigenvalue weighted by atomic mass is 10.1. The Morgan fingerprint density at radius 1 is 1.38 bits per heavy atom. The molecular formula is C13H15FOSi. The van der Waals surface area contributed by atoms with E-state index in [1.807, 2.05) is 0 Å². The van der Waals surface area contributed by atoms with E-state index in [-0.39, 0.29) is 12.2 Å². The predicted molar refractivity (Wildman–Crippen MR) is 66.4 cm³/mol. The summed E-state index contributed by atoms with van der Waals surface area (Å²) in [6, 6.07) is 4.67.